The molecule has 0 atom stereocenters. The van der Waals surface area contributed by atoms with Gasteiger partial charge in [0.05, 0.1) is 9.79 Å². The van der Waals surface area contributed by atoms with E-state index in [1.807, 2.05) is 31.2 Å². The number of para-hydroxylation sites is 1. The summed E-state index contributed by atoms with van der Waals surface area (Å²) in [5, 5.41) is 2.92. The molecule has 1 aliphatic heterocycles. The van der Waals surface area contributed by atoms with Crippen molar-refractivity contribution in [2.75, 3.05) is 24.7 Å². The van der Waals surface area contributed by atoms with Gasteiger partial charge in [-0.15, -0.1) is 0 Å². The SMILES string of the molecule is Cc1ccccc1NC(=O)C1CCN(S(=O)(=O)c2cccc(S(C)(=O)=O)c2)CC1. The van der Waals surface area contributed by atoms with E-state index in [0.29, 0.717) is 12.8 Å². The number of aryl methyl sites for hydroxylation is 1. The van der Waals surface area contributed by atoms with Gasteiger partial charge in [0.25, 0.3) is 0 Å². The van der Waals surface area contributed by atoms with Gasteiger partial charge in [0.2, 0.25) is 15.9 Å². The van der Waals surface area contributed by atoms with Gasteiger partial charge in [-0.2, -0.15) is 4.31 Å². The van der Waals surface area contributed by atoms with Gasteiger partial charge in [0, 0.05) is 31.0 Å². The lowest BCUT2D eigenvalue weighted by Crippen LogP contribution is -2.41. The molecule has 9 heteroatoms. The number of hydrogen-bond donors (Lipinski definition) is 1. The molecule has 2 aromatic rings. The number of rotatable bonds is 5. The summed E-state index contributed by atoms with van der Waals surface area (Å²) in [5.74, 6) is -0.390. The van der Waals surface area contributed by atoms with E-state index in [9.17, 15) is 21.6 Å². The molecule has 0 spiro atoms. The topological polar surface area (TPSA) is 101 Å². The second-order valence-corrected chi connectivity index (χ2v) is 11.2. The number of nitrogens with one attached hydrogen (secondary N) is 1. The third kappa shape index (κ3) is 4.85. The fourth-order valence-corrected chi connectivity index (χ4v) is 5.58. The summed E-state index contributed by atoms with van der Waals surface area (Å²) in [6, 6.07) is 12.9. The third-order valence-electron chi connectivity index (χ3n) is 5.10. The maximum Gasteiger partial charge on any atom is 0.243 e. The highest BCUT2D eigenvalue weighted by Gasteiger charge is 2.32. The van der Waals surface area contributed by atoms with Crippen molar-refractivity contribution in [3.05, 3.63) is 54.1 Å². The van der Waals surface area contributed by atoms with E-state index in [-0.39, 0.29) is 34.7 Å². The monoisotopic (exact) mass is 436 g/mol. The number of carbonyl (C=O) groups is 1. The largest absolute Gasteiger partial charge is 0.326 e. The third-order valence-corrected chi connectivity index (χ3v) is 8.10. The minimum absolute atomic E-state index is 0.0360. The number of hydrogen-bond acceptors (Lipinski definition) is 5. The van der Waals surface area contributed by atoms with Crippen molar-refractivity contribution in [3.63, 3.8) is 0 Å². The first-order valence-electron chi connectivity index (χ1n) is 9.26. The molecule has 1 fully saturated rings. The van der Waals surface area contributed by atoms with Crippen LogP contribution in [0.15, 0.2) is 58.3 Å². The molecule has 0 aliphatic carbocycles. The Kier molecular flexibility index (Phi) is 6.11. The predicted molar refractivity (Wildman–Crippen MR) is 111 cm³/mol. The minimum Gasteiger partial charge on any atom is -0.326 e. The van der Waals surface area contributed by atoms with Crippen LogP contribution in [0.3, 0.4) is 0 Å². The van der Waals surface area contributed by atoms with Crippen LogP contribution in [0.1, 0.15) is 18.4 Å². The van der Waals surface area contributed by atoms with E-state index < -0.39 is 19.9 Å². The lowest BCUT2D eigenvalue weighted by atomic mass is 9.97. The van der Waals surface area contributed by atoms with Gasteiger partial charge in [-0.25, -0.2) is 16.8 Å². The summed E-state index contributed by atoms with van der Waals surface area (Å²) >= 11 is 0. The summed E-state index contributed by atoms with van der Waals surface area (Å²) < 4.78 is 50.6. The van der Waals surface area contributed by atoms with E-state index in [0.717, 1.165) is 17.5 Å². The highest BCUT2D eigenvalue weighted by molar-refractivity contribution is 7.91. The van der Waals surface area contributed by atoms with Gasteiger partial charge in [0.1, 0.15) is 0 Å². The summed E-state index contributed by atoms with van der Waals surface area (Å²) in [6.07, 6.45) is 1.85. The van der Waals surface area contributed by atoms with E-state index >= 15 is 0 Å². The first kappa shape index (κ1) is 21.5. The first-order valence-corrected chi connectivity index (χ1v) is 12.6. The molecule has 1 N–H and O–H groups in total. The second kappa shape index (κ2) is 8.25. The zero-order valence-corrected chi connectivity index (χ0v) is 18.0. The van der Waals surface area contributed by atoms with Crippen molar-refractivity contribution in [2.24, 2.45) is 5.92 Å². The van der Waals surface area contributed by atoms with Gasteiger partial charge in [-0.05, 0) is 49.6 Å². The normalized spacial score (nSPS) is 16.5. The van der Waals surface area contributed by atoms with Crippen LogP contribution >= 0.6 is 0 Å². The fourth-order valence-electron chi connectivity index (χ4n) is 3.32. The van der Waals surface area contributed by atoms with Crippen LogP contribution in [0, 0.1) is 12.8 Å². The van der Waals surface area contributed by atoms with E-state index in [4.69, 9.17) is 0 Å². The number of sulfonamides is 1. The van der Waals surface area contributed by atoms with Gasteiger partial charge in [-0.1, -0.05) is 24.3 Å². The first-order chi connectivity index (χ1) is 13.6. The molecule has 1 saturated heterocycles. The average molecular weight is 437 g/mol. The quantitative estimate of drug-likeness (QED) is 0.776. The van der Waals surface area contributed by atoms with Gasteiger partial charge < -0.3 is 5.32 Å². The summed E-state index contributed by atoms with van der Waals surface area (Å²) in [7, 11) is -7.33. The van der Waals surface area contributed by atoms with Crippen molar-refractivity contribution in [1.82, 2.24) is 4.31 Å². The fraction of sp³-hybridized carbons (Fsp3) is 0.350. The Morgan fingerprint density at radius 1 is 0.966 bits per heavy atom. The molecular weight excluding hydrogens is 412 g/mol. The average Bonchev–Trinajstić information content (AvgIpc) is 2.69. The molecule has 0 unspecified atom stereocenters. The summed E-state index contributed by atoms with van der Waals surface area (Å²) in [4.78, 5) is 12.5. The number of nitrogens with zero attached hydrogens (tertiary/aromatic N) is 1. The maximum absolute atomic E-state index is 12.9. The molecule has 0 saturated carbocycles. The van der Waals surface area contributed by atoms with Crippen molar-refractivity contribution in [2.45, 2.75) is 29.6 Å². The molecular formula is C20H24N2O5S2. The van der Waals surface area contributed by atoms with Crippen LogP contribution in [0.5, 0.6) is 0 Å². The molecule has 2 aromatic carbocycles. The smallest absolute Gasteiger partial charge is 0.243 e. The second-order valence-electron chi connectivity index (χ2n) is 7.23. The van der Waals surface area contributed by atoms with Gasteiger partial charge in [-0.3, -0.25) is 4.79 Å². The molecule has 0 bridgehead atoms. The van der Waals surface area contributed by atoms with E-state index in [2.05, 4.69) is 5.32 Å². The molecule has 7 nitrogen and oxygen atoms in total. The van der Waals surface area contributed by atoms with Gasteiger partial charge >= 0.3 is 0 Å². The van der Waals surface area contributed by atoms with E-state index in [1.54, 1.807) is 0 Å². The lowest BCUT2D eigenvalue weighted by Gasteiger charge is -2.30. The summed E-state index contributed by atoms with van der Waals surface area (Å²) in [5.41, 5.74) is 1.72. The number of benzene rings is 2. The molecule has 3 rings (SSSR count). The highest BCUT2D eigenvalue weighted by atomic mass is 32.2. The Labute approximate surface area is 171 Å². The molecule has 156 valence electrons. The molecule has 0 aromatic heterocycles. The van der Waals surface area contributed by atoms with Crippen LogP contribution < -0.4 is 5.32 Å². The standard InChI is InChI=1S/C20H24N2O5S2/c1-15-6-3-4-9-19(15)21-20(23)16-10-12-22(13-11-16)29(26,27)18-8-5-7-17(14-18)28(2,24)25/h3-9,14,16H,10-13H2,1-2H3,(H,21,23). The highest BCUT2D eigenvalue weighted by Crippen LogP contribution is 2.26. The molecule has 1 aliphatic rings. The number of piperidine rings is 1. The number of carbonyl (C=O) groups excluding carboxylic acids is 1. The van der Waals surface area contributed by atoms with Crippen molar-refractivity contribution in [1.29, 1.82) is 0 Å². The Balaban J connectivity index is 1.68. The maximum atomic E-state index is 12.9. The zero-order valence-electron chi connectivity index (χ0n) is 16.3. The Hall–Kier alpha value is -2.23. The minimum atomic E-state index is -3.82. The van der Waals surface area contributed by atoms with Crippen LogP contribution in [0.4, 0.5) is 5.69 Å². The van der Waals surface area contributed by atoms with Crippen LogP contribution in [-0.4, -0.2) is 46.4 Å². The number of anilines is 1. The van der Waals surface area contributed by atoms with Crippen molar-refractivity contribution in [3.8, 4) is 0 Å². The Morgan fingerprint density at radius 2 is 1.59 bits per heavy atom. The predicted octanol–water partition coefficient (Wildman–Crippen LogP) is 2.44. The zero-order chi connectivity index (χ0) is 21.2. The number of sulfone groups is 1. The molecule has 29 heavy (non-hydrogen) atoms. The molecule has 0 radical (unpaired) electrons. The van der Waals surface area contributed by atoms with Gasteiger partial charge in [0.15, 0.2) is 9.84 Å². The Bertz CT molecular complexity index is 1120. The van der Waals surface area contributed by atoms with Crippen molar-refractivity contribution < 1.29 is 21.6 Å². The molecule has 1 amide bonds. The van der Waals surface area contributed by atoms with Crippen LogP contribution in [0.2, 0.25) is 0 Å². The summed E-state index contributed by atoms with van der Waals surface area (Å²) in [6.45, 7) is 2.32. The van der Waals surface area contributed by atoms with E-state index in [1.165, 1.54) is 28.6 Å². The van der Waals surface area contributed by atoms with Crippen LogP contribution in [-0.2, 0) is 24.7 Å². The lowest BCUT2D eigenvalue weighted by molar-refractivity contribution is -0.120. The van der Waals surface area contributed by atoms with Crippen molar-refractivity contribution >= 4 is 31.5 Å². The number of amides is 1. The Morgan fingerprint density at radius 3 is 2.21 bits per heavy atom. The van der Waals surface area contributed by atoms with Crippen LogP contribution in [0.25, 0.3) is 0 Å². The molecule has 1 heterocycles.